The number of fused-ring (bicyclic) bond motifs is 2. The number of H-pyrrole nitrogens is 1. The number of allylic oxidation sites excluding steroid dienone is 2. The van der Waals surface area contributed by atoms with E-state index in [1.54, 1.807) is 24.3 Å². The van der Waals surface area contributed by atoms with Crippen LogP contribution in [0.1, 0.15) is 0 Å². The van der Waals surface area contributed by atoms with Gasteiger partial charge in [-0.1, -0.05) is 0 Å². The Morgan fingerprint density at radius 2 is 1.93 bits per heavy atom. The Morgan fingerprint density at radius 3 is 2.76 bits per heavy atom. The standard InChI is InChI=1S/C19H12F3N5OS/c20-14-8-15-18(17(22)16(14)21)26-19(25-15)24-10-1-3-12(4-2-10)28-13-5-6-27-11(7-13)9-23-29-27/h1-9,23H,(H2,24,25,26). The van der Waals surface area contributed by atoms with Crippen LogP contribution in [0, 0.1) is 17.5 Å². The number of aromatic nitrogens is 2. The molecule has 0 saturated carbocycles. The van der Waals surface area contributed by atoms with Gasteiger partial charge in [0, 0.05) is 30.2 Å². The lowest BCUT2D eigenvalue weighted by Gasteiger charge is -2.17. The second-order valence-corrected chi connectivity index (χ2v) is 7.00. The van der Waals surface area contributed by atoms with Gasteiger partial charge < -0.3 is 19.8 Å². The fraction of sp³-hybridized carbons (Fsp3) is 0. The van der Waals surface area contributed by atoms with Crippen molar-refractivity contribution in [2.24, 2.45) is 0 Å². The summed E-state index contributed by atoms with van der Waals surface area (Å²) in [7, 11) is 0. The van der Waals surface area contributed by atoms with Gasteiger partial charge in [-0.3, -0.25) is 4.31 Å². The highest BCUT2D eigenvalue weighted by Gasteiger charge is 2.18. The number of aromatic amines is 1. The molecule has 0 amide bonds. The first kappa shape index (κ1) is 17.6. The lowest BCUT2D eigenvalue weighted by molar-refractivity contribution is 0.439. The quantitative estimate of drug-likeness (QED) is 0.419. The van der Waals surface area contributed by atoms with E-state index in [-0.39, 0.29) is 17.0 Å². The molecule has 1 aromatic heterocycles. The smallest absolute Gasteiger partial charge is 0.205 e. The zero-order valence-corrected chi connectivity index (χ0v) is 15.4. The zero-order valence-electron chi connectivity index (χ0n) is 14.5. The number of nitrogens with one attached hydrogen (secondary N) is 3. The summed E-state index contributed by atoms with van der Waals surface area (Å²) in [6.07, 6.45) is 7.53. The Hall–Kier alpha value is -3.53. The molecule has 29 heavy (non-hydrogen) atoms. The molecule has 3 heterocycles. The molecule has 2 aromatic carbocycles. The Morgan fingerprint density at radius 1 is 1.10 bits per heavy atom. The number of halogens is 3. The van der Waals surface area contributed by atoms with Gasteiger partial charge in [-0.2, -0.15) is 0 Å². The Bertz CT molecular complexity index is 1200. The Labute approximate surface area is 167 Å². The molecule has 2 aliphatic rings. The van der Waals surface area contributed by atoms with Gasteiger partial charge in [-0.15, -0.1) is 0 Å². The summed E-state index contributed by atoms with van der Waals surface area (Å²) in [5.41, 5.74) is 1.40. The molecule has 10 heteroatoms. The molecule has 0 radical (unpaired) electrons. The van der Waals surface area contributed by atoms with E-state index in [0.717, 1.165) is 11.8 Å². The van der Waals surface area contributed by atoms with E-state index in [0.29, 0.717) is 17.2 Å². The molecule has 0 atom stereocenters. The van der Waals surface area contributed by atoms with Crippen LogP contribution in [-0.4, -0.2) is 14.3 Å². The number of ether oxygens (including phenoxy) is 1. The maximum absolute atomic E-state index is 13.8. The van der Waals surface area contributed by atoms with Crippen molar-refractivity contribution < 1.29 is 17.9 Å². The Balaban J connectivity index is 1.31. The Kier molecular flexibility index (Phi) is 4.13. The van der Waals surface area contributed by atoms with Crippen LogP contribution in [0.2, 0.25) is 0 Å². The third kappa shape index (κ3) is 3.27. The summed E-state index contributed by atoms with van der Waals surface area (Å²) in [5, 5.41) is 2.93. The average molecular weight is 415 g/mol. The highest BCUT2D eigenvalue weighted by Crippen LogP contribution is 2.29. The van der Waals surface area contributed by atoms with Crippen molar-refractivity contribution in [3.05, 3.63) is 83.8 Å². The fourth-order valence-electron chi connectivity index (χ4n) is 2.88. The minimum atomic E-state index is -1.55. The van der Waals surface area contributed by atoms with Crippen molar-refractivity contribution in [1.29, 1.82) is 0 Å². The molecule has 0 unspecified atom stereocenters. The lowest BCUT2D eigenvalue weighted by Crippen LogP contribution is -2.08. The van der Waals surface area contributed by atoms with Crippen LogP contribution in [0.3, 0.4) is 0 Å². The second-order valence-electron chi connectivity index (χ2n) is 6.19. The molecule has 0 spiro atoms. The van der Waals surface area contributed by atoms with Crippen LogP contribution in [0.4, 0.5) is 24.8 Å². The molecule has 0 saturated heterocycles. The normalized spacial score (nSPS) is 15.1. The van der Waals surface area contributed by atoms with Crippen LogP contribution in [-0.2, 0) is 0 Å². The summed E-state index contributed by atoms with van der Waals surface area (Å²) >= 11 is 1.46. The first-order chi connectivity index (χ1) is 14.1. The summed E-state index contributed by atoms with van der Waals surface area (Å²) < 4.78 is 51.3. The molecule has 0 bridgehead atoms. The van der Waals surface area contributed by atoms with Gasteiger partial charge in [0.1, 0.15) is 17.0 Å². The monoisotopic (exact) mass is 415 g/mol. The number of rotatable bonds is 4. The van der Waals surface area contributed by atoms with Crippen molar-refractivity contribution in [3.8, 4) is 5.75 Å². The van der Waals surface area contributed by atoms with E-state index in [1.807, 2.05) is 28.9 Å². The predicted molar refractivity (Wildman–Crippen MR) is 104 cm³/mol. The molecule has 6 nitrogen and oxygen atoms in total. The molecule has 3 aromatic rings. The van der Waals surface area contributed by atoms with Crippen LogP contribution < -0.4 is 14.8 Å². The van der Waals surface area contributed by atoms with Crippen LogP contribution in [0.15, 0.2) is 66.3 Å². The molecule has 146 valence electrons. The first-order valence-corrected chi connectivity index (χ1v) is 9.24. The molecular formula is C19H12F3N5OS. The third-order valence-electron chi connectivity index (χ3n) is 4.24. The van der Waals surface area contributed by atoms with Gasteiger partial charge in [-0.05, 0) is 30.3 Å². The SMILES string of the molecule is Fc1cc2[nH]c(Nc3ccc(OC4=CC5=CNSN5C=C4)cc3)nc2c(F)c1F. The molecule has 0 fully saturated rings. The van der Waals surface area contributed by atoms with Gasteiger partial charge in [0.25, 0.3) is 0 Å². The van der Waals surface area contributed by atoms with E-state index < -0.39 is 17.5 Å². The largest absolute Gasteiger partial charge is 0.457 e. The summed E-state index contributed by atoms with van der Waals surface area (Å²) in [6, 6.07) is 7.85. The highest BCUT2D eigenvalue weighted by atomic mass is 32.2. The first-order valence-electron chi connectivity index (χ1n) is 8.47. The van der Waals surface area contributed by atoms with E-state index in [9.17, 15) is 13.2 Å². The minimum absolute atomic E-state index is 0.0581. The highest BCUT2D eigenvalue weighted by molar-refractivity contribution is 7.95. The summed E-state index contributed by atoms with van der Waals surface area (Å²) in [6.45, 7) is 0. The fourth-order valence-corrected chi connectivity index (χ4v) is 3.50. The zero-order chi connectivity index (χ0) is 20.0. The average Bonchev–Trinajstić information content (AvgIpc) is 3.34. The van der Waals surface area contributed by atoms with E-state index >= 15 is 0 Å². The molecule has 2 aliphatic heterocycles. The van der Waals surface area contributed by atoms with Crippen molar-refractivity contribution in [2.45, 2.75) is 0 Å². The van der Waals surface area contributed by atoms with Gasteiger partial charge in [0.15, 0.2) is 17.5 Å². The van der Waals surface area contributed by atoms with Gasteiger partial charge in [0.2, 0.25) is 5.95 Å². The second kappa shape index (κ2) is 6.82. The van der Waals surface area contributed by atoms with Crippen LogP contribution in [0.5, 0.6) is 5.75 Å². The molecule has 0 aliphatic carbocycles. The summed E-state index contributed by atoms with van der Waals surface area (Å²) in [4.78, 5) is 6.66. The number of benzene rings is 2. The van der Waals surface area contributed by atoms with Crippen molar-refractivity contribution in [3.63, 3.8) is 0 Å². The van der Waals surface area contributed by atoms with E-state index in [4.69, 9.17) is 4.74 Å². The number of hydrogen-bond donors (Lipinski definition) is 3. The number of nitrogens with zero attached hydrogens (tertiary/aromatic N) is 2. The van der Waals surface area contributed by atoms with Crippen molar-refractivity contribution >= 4 is 34.8 Å². The maximum atomic E-state index is 13.8. The number of anilines is 2. The molecule has 5 rings (SSSR count). The minimum Gasteiger partial charge on any atom is -0.457 e. The van der Waals surface area contributed by atoms with E-state index in [2.05, 4.69) is 20.0 Å². The molecular weight excluding hydrogens is 403 g/mol. The van der Waals surface area contributed by atoms with Crippen molar-refractivity contribution in [1.82, 2.24) is 19.0 Å². The van der Waals surface area contributed by atoms with Gasteiger partial charge >= 0.3 is 0 Å². The van der Waals surface area contributed by atoms with Gasteiger partial charge in [-0.25, -0.2) is 18.2 Å². The van der Waals surface area contributed by atoms with E-state index in [1.165, 1.54) is 12.1 Å². The number of hydrogen-bond acceptors (Lipinski definition) is 6. The molecule has 3 N–H and O–H groups in total. The predicted octanol–water partition coefficient (Wildman–Crippen LogP) is 4.82. The van der Waals surface area contributed by atoms with Crippen LogP contribution >= 0.6 is 12.1 Å². The number of imidazole rings is 1. The summed E-state index contributed by atoms with van der Waals surface area (Å²) in [5.74, 6) is -2.68. The third-order valence-corrected chi connectivity index (χ3v) is 5.00. The lowest BCUT2D eigenvalue weighted by atomic mass is 10.3. The van der Waals surface area contributed by atoms with Crippen molar-refractivity contribution in [2.75, 3.05) is 5.32 Å². The maximum Gasteiger partial charge on any atom is 0.205 e. The van der Waals surface area contributed by atoms with Crippen LogP contribution in [0.25, 0.3) is 11.0 Å². The topological polar surface area (TPSA) is 65.2 Å². The van der Waals surface area contributed by atoms with Gasteiger partial charge in [0.05, 0.1) is 23.3 Å².